The van der Waals surface area contributed by atoms with Crippen molar-refractivity contribution in [2.24, 2.45) is 0 Å². The number of benzene rings is 4. The third-order valence-corrected chi connectivity index (χ3v) is 5.76. The molecule has 0 amide bonds. The first kappa shape index (κ1) is 20.9. The van der Waals surface area contributed by atoms with Crippen molar-refractivity contribution >= 4 is 12.2 Å². The number of hydrogen-bond acceptors (Lipinski definition) is 0. The molecular formula is C31H30. The molecule has 31 heavy (non-hydrogen) atoms. The molecule has 0 heterocycles. The summed E-state index contributed by atoms with van der Waals surface area (Å²) in [6, 6.07) is 35.1. The summed E-state index contributed by atoms with van der Waals surface area (Å²) in [6.07, 6.45) is 4.33. The van der Waals surface area contributed by atoms with E-state index >= 15 is 0 Å². The molecule has 154 valence electrons. The zero-order valence-corrected chi connectivity index (χ0v) is 18.9. The smallest absolute Gasteiger partial charge is 0.0132 e. The fourth-order valence-electron chi connectivity index (χ4n) is 3.67. The van der Waals surface area contributed by atoms with Crippen LogP contribution in [0.15, 0.2) is 97.1 Å². The highest BCUT2D eigenvalue weighted by Gasteiger charge is 2.13. The molecule has 0 aliphatic heterocycles. The van der Waals surface area contributed by atoms with Gasteiger partial charge >= 0.3 is 0 Å². The summed E-state index contributed by atoms with van der Waals surface area (Å²) in [4.78, 5) is 0. The maximum absolute atomic E-state index is 2.25. The quantitative estimate of drug-likeness (QED) is 0.299. The van der Waals surface area contributed by atoms with Gasteiger partial charge in [0.15, 0.2) is 0 Å². The van der Waals surface area contributed by atoms with Crippen molar-refractivity contribution in [3.8, 4) is 22.3 Å². The molecule has 4 aromatic carbocycles. The minimum atomic E-state index is 0.184. The lowest BCUT2D eigenvalue weighted by Crippen LogP contribution is -2.10. The van der Waals surface area contributed by atoms with Crippen LogP contribution in [0, 0.1) is 6.92 Å². The van der Waals surface area contributed by atoms with Crippen LogP contribution in [-0.2, 0) is 5.41 Å². The summed E-state index contributed by atoms with van der Waals surface area (Å²) in [6.45, 7) is 8.86. The second-order valence-corrected chi connectivity index (χ2v) is 9.27. The molecule has 0 heteroatoms. The van der Waals surface area contributed by atoms with E-state index in [1.807, 2.05) is 0 Å². The molecule has 0 atom stereocenters. The molecular weight excluding hydrogens is 372 g/mol. The van der Waals surface area contributed by atoms with Crippen molar-refractivity contribution in [3.05, 3.63) is 119 Å². The van der Waals surface area contributed by atoms with E-state index in [0.717, 1.165) is 0 Å². The van der Waals surface area contributed by atoms with Gasteiger partial charge in [0.25, 0.3) is 0 Å². The predicted octanol–water partition coefficient (Wildman–Crippen LogP) is 8.80. The molecule has 0 bridgehead atoms. The maximum atomic E-state index is 2.25. The number of hydrogen-bond donors (Lipinski definition) is 0. The Morgan fingerprint density at radius 3 is 1.16 bits per heavy atom. The van der Waals surface area contributed by atoms with E-state index < -0.39 is 0 Å². The Hall–Kier alpha value is -3.38. The van der Waals surface area contributed by atoms with Gasteiger partial charge in [0.1, 0.15) is 0 Å². The van der Waals surface area contributed by atoms with Gasteiger partial charge < -0.3 is 0 Å². The SMILES string of the molecule is Cc1ccc(/C=C/c2ccc(-c3ccc(-c4ccc(C(C)(C)C)cc4)cc3)cc2)cc1. The molecule has 0 unspecified atom stereocenters. The van der Waals surface area contributed by atoms with Gasteiger partial charge in [-0.1, -0.05) is 136 Å². The molecule has 0 N–H and O–H groups in total. The van der Waals surface area contributed by atoms with Gasteiger partial charge in [-0.2, -0.15) is 0 Å². The van der Waals surface area contributed by atoms with Gasteiger partial charge in [0.2, 0.25) is 0 Å². The van der Waals surface area contributed by atoms with Gasteiger partial charge in [0, 0.05) is 0 Å². The van der Waals surface area contributed by atoms with Gasteiger partial charge in [-0.3, -0.25) is 0 Å². The van der Waals surface area contributed by atoms with Gasteiger partial charge in [-0.05, 0) is 51.3 Å². The first-order chi connectivity index (χ1) is 14.9. The molecule has 4 rings (SSSR count). The van der Waals surface area contributed by atoms with E-state index in [2.05, 4.69) is 137 Å². The zero-order valence-electron chi connectivity index (χ0n) is 18.9. The van der Waals surface area contributed by atoms with E-state index in [1.54, 1.807) is 0 Å². The molecule has 0 aliphatic rings. The highest BCUT2D eigenvalue weighted by Crippen LogP contribution is 2.28. The lowest BCUT2D eigenvalue weighted by Gasteiger charge is -2.19. The molecule has 0 saturated heterocycles. The van der Waals surface area contributed by atoms with Crippen molar-refractivity contribution in [2.45, 2.75) is 33.1 Å². The van der Waals surface area contributed by atoms with Gasteiger partial charge in [0.05, 0.1) is 0 Å². The molecule has 0 aliphatic carbocycles. The summed E-state index contributed by atoms with van der Waals surface area (Å²) in [5.41, 5.74) is 10.3. The van der Waals surface area contributed by atoms with E-state index in [9.17, 15) is 0 Å². The number of rotatable bonds is 4. The van der Waals surface area contributed by atoms with Crippen LogP contribution in [0.1, 0.15) is 43.0 Å². The van der Waals surface area contributed by atoms with Crippen LogP contribution in [0.2, 0.25) is 0 Å². The van der Waals surface area contributed by atoms with E-state index in [-0.39, 0.29) is 5.41 Å². The van der Waals surface area contributed by atoms with E-state index in [4.69, 9.17) is 0 Å². The highest BCUT2D eigenvalue weighted by molar-refractivity contribution is 5.74. The second-order valence-electron chi connectivity index (χ2n) is 9.27. The van der Waals surface area contributed by atoms with Crippen LogP contribution < -0.4 is 0 Å². The largest absolute Gasteiger partial charge is 0.0587 e. The van der Waals surface area contributed by atoms with Crippen LogP contribution in [0.4, 0.5) is 0 Å². The molecule has 4 aromatic rings. The lowest BCUT2D eigenvalue weighted by molar-refractivity contribution is 0.590. The minimum absolute atomic E-state index is 0.184. The van der Waals surface area contributed by atoms with E-state index in [0.29, 0.717) is 0 Å². The molecule has 0 aromatic heterocycles. The fourth-order valence-corrected chi connectivity index (χ4v) is 3.67. The summed E-state index contributed by atoms with van der Waals surface area (Å²) < 4.78 is 0. The minimum Gasteiger partial charge on any atom is -0.0587 e. The van der Waals surface area contributed by atoms with Crippen LogP contribution in [0.25, 0.3) is 34.4 Å². The van der Waals surface area contributed by atoms with Crippen molar-refractivity contribution in [3.63, 3.8) is 0 Å². The third-order valence-electron chi connectivity index (χ3n) is 5.76. The first-order valence-corrected chi connectivity index (χ1v) is 10.9. The molecule has 0 nitrogen and oxygen atoms in total. The van der Waals surface area contributed by atoms with Crippen LogP contribution in [0.5, 0.6) is 0 Å². The summed E-state index contributed by atoms with van der Waals surface area (Å²) >= 11 is 0. The average molecular weight is 403 g/mol. The molecule has 0 radical (unpaired) electrons. The lowest BCUT2D eigenvalue weighted by atomic mass is 9.86. The normalized spacial score (nSPS) is 11.7. The molecule has 0 fully saturated rings. The third kappa shape index (κ3) is 5.22. The van der Waals surface area contributed by atoms with Gasteiger partial charge in [-0.25, -0.2) is 0 Å². The monoisotopic (exact) mass is 402 g/mol. The Kier molecular flexibility index (Phi) is 5.91. The van der Waals surface area contributed by atoms with Crippen molar-refractivity contribution in [1.82, 2.24) is 0 Å². The Morgan fingerprint density at radius 1 is 0.452 bits per heavy atom. The standard InChI is InChI=1S/C31H30/c1-23-5-7-24(8-6-23)9-10-25-11-13-26(14-12-25)27-15-17-28(18-16-27)29-19-21-30(22-20-29)31(2,3)4/h5-22H,1-4H3/b10-9+. The second kappa shape index (κ2) is 8.78. The topological polar surface area (TPSA) is 0 Å². The Labute approximate surface area is 186 Å². The average Bonchev–Trinajstić information content (AvgIpc) is 2.79. The van der Waals surface area contributed by atoms with Crippen molar-refractivity contribution in [2.75, 3.05) is 0 Å². The number of aryl methyl sites for hydroxylation is 1. The van der Waals surface area contributed by atoms with Crippen molar-refractivity contribution < 1.29 is 0 Å². The molecule has 0 saturated carbocycles. The highest BCUT2D eigenvalue weighted by atomic mass is 14.2. The Balaban J connectivity index is 1.47. The Bertz CT molecular complexity index is 1150. The van der Waals surface area contributed by atoms with Crippen LogP contribution >= 0.6 is 0 Å². The first-order valence-electron chi connectivity index (χ1n) is 10.9. The van der Waals surface area contributed by atoms with Crippen LogP contribution in [-0.4, -0.2) is 0 Å². The summed E-state index contributed by atoms with van der Waals surface area (Å²) in [5.74, 6) is 0. The Morgan fingerprint density at radius 2 is 0.774 bits per heavy atom. The zero-order chi connectivity index (χ0) is 21.8. The van der Waals surface area contributed by atoms with Gasteiger partial charge in [-0.15, -0.1) is 0 Å². The van der Waals surface area contributed by atoms with E-state index in [1.165, 1.54) is 44.5 Å². The fraction of sp³-hybridized carbons (Fsp3) is 0.161. The predicted molar refractivity (Wildman–Crippen MR) is 136 cm³/mol. The van der Waals surface area contributed by atoms with Crippen molar-refractivity contribution in [1.29, 1.82) is 0 Å². The summed E-state index contributed by atoms with van der Waals surface area (Å²) in [5, 5.41) is 0. The van der Waals surface area contributed by atoms with Crippen LogP contribution in [0.3, 0.4) is 0 Å². The molecule has 0 spiro atoms. The maximum Gasteiger partial charge on any atom is -0.0132 e. The summed E-state index contributed by atoms with van der Waals surface area (Å²) in [7, 11) is 0.